The predicted octanol–water partition coefficient (Wildman–Crippen LogP) is 2.50. The largest absolute Gasteiger partial charge is 0.396 e. The normalized spacial score (nSPS) is 22.2. The second-order valence-corrected chi connectivity index (χ2v) is 5.80. The number of nitrogens with zero attached hydrogens (tertiary/aromatic N) is 1. The van der Waals surface area contributed by atoms with Crippen molar-refractivity contribution in [1.29, 1.82) is 0 Å². The summed E-state index contributed by atoms with van der Waals surface area (Å²) in [6.45, 7) is 3.57. The molecule has 0 spiro atoms. The van der Waals surface area contributed by atoms with E-state index in [-0.39, 0.29) is 0 Å². The molecule has 1 fully saturated rings. The number of piperidine rings is 1. The van der Waals surface area contributed by atoms with Crippen LogP contribution in [0.1, 0.15) is 18.4 Å². The molecule has 2 nitrogen and oxygen atoms in total. The Labute approximate surface area is 111 Å². The zero-order chi connectivity index (χ0) is 11.4. The van der Waals surface area contributed by atoms with Gasteiger partial charge < -0.3 is 5.11 Å². The molecule has 1 saturated heterocycles. The van der Waals surface area contributed by atoms with Gasteiger partial charge in [-0.05, 0) is 65.6 Å². The first kappa shape index (κ1) is 12.3. The third-order valence-corrected chi connectivity index (χ3v) is 3.90. The highest BCUT2D eigenvalue weighted by atomic mass is 127. The van der Waals surface area contributed by atoms with Crippen molar-refractivity contribution in [2.45, 2.75) is 19.4 Å². The summed E-state index contributed by atoms with van der Waals surface area (Å²) in [4.78, 5) is 2.45. The lowest BCUT2D eigenvalue weighted by Gasteiger charge is -2.31. The second-order valence-electron chi connectivity index (χ2n) is 4.55. The molecule has 0 saturated carbocycles. The molecule has 1 N–H and O–H groups in total. The summed E-state index contributed by atoms with van der Waals surface area (Å²) in [6, 6.07) is 8.71. The first-order valence-electron chi connectivity index (χ1n) is 5.85. The van der Waals surface area contributed by atoms with Crippen molar-refractivity contribution >= 4 is 22.6 Å². The summed E-state index contributed by atoms with van der Waals surface area (Å²) < 4.78 is 1.29. The Morgan fingerprint density at radius 2 is 2.06 bits per heavy atom. The molecule has 0 aromatic heterocycles. The van der Waals surface area contributed by atoms with Crippen LogP contribution >= 0.6 is 22.6 Å². The Bertz CT molecular complexity index is 325. The van der Waals surface area contributed by atoms with Crippen LogP contribution < -0.4 is 0 Å². The van der Waals surface area contributed by atoms with E-state index in [1.54, 1.807) is 0 Å². The quantitative estimate of drug-likeness (QED) is 0.861. The Kier molecular flexibility index (Phi) is 4.61. The fourth-order valence-electron chi connectivity index (χ4n) is 2.29. The van der Waals surface area contributed by atoms with Crippen LogP contribution in [0.15, 0.2) is 24.3 Å². The molecule has 0 radical (unpaired) electrons. The second kappa shape index (κ2) is 5.98. The van der Waals surface area contributed by atoms with E-state index in [1.165, 1.54) is 28.5 Å². The lowest BCUT2D eigenvalue weighted by Crippen LogP contribution is -2.36. The van der Waals surface area contributed by atoms with E-state index in [9.17, 15) is 5.11 Å². The molecule has 3 heteroatoms. The molecule has 16 heavy (non-hydrogen) atoms. The fourth-order valence-corrected chi connectivity index (χ4v) is 2.65. The van der Waals surface area contributed by atoms with Crippen molar-refractivity contribution in [1.82, 2.24) is 4.90 Å². The summed E-state index contributed by atoms with van der Waals surface area (Å²) >= 11 is 2.33. The van der Waals surface area contributed by atoms with Crippen LogP contribution in [-0.2, 0) is 6.54 Å². The minimum atomic E-state index is 0.336. The van der Waals surface area contributed by atoms with E-state index >= 15 is 0 Å². The molecular formula is C13H18INO. The maximum Gasteiger partial charge on any atom is 0.0471 e. The van der Waals surface area contributed by atoms with Crippen LogP contribution in [-0.4, -0.2) is 29.7 Å². The van der Waals surface area contributed by atoms with Crippen LogP contribution in [0.4, 0.5) is 0 Å². The van der Waals surface area contributed by atoms with Gasteiger partial charge in [0.2, 0.25) is 0 Å². The van der Waals surface area contributed by atoms with Gasteiger partial charge in [-0.15, -0.1) is 0 Å². The Balaban J connectivity index is 1.91. The standard InChI is InChI=1S/C13H18INO/c14-13-5-3-11(4-6-13)8-15-7-1-2-12(9-15)10-16/h3-6,12,16H,1-2,7-10H2/t12-/m1/s1. The van der Waals surface area contributed by atoms with Crippen LogP contribution in [0.2, 0.25) is 0 Å². The van der Waals surface area contributed by atoms with Gasteiger partial charge in [0.15, 0.2) is 0 Å². The Hall–Kier alpha value is -0.130. The lowest BCUT2D eigenvalue weighted by molar-refractivity contribution is 0.116. The topological polar surface area (TPSA) is 23.5 Å². The van der Waals surface area contributed by atoms with Crippen LogP contribution in [0.5, 0.6) is 0 Å². The smallest absolute Gasteiger partial charge is 0.0471 e. The molecule has 0 unspecified atom stereocenters. The van der Waals surface area contributed by atoms with Crippen molar-refractivity contribution in [3.05, 3.63) is 33.4 Å². The van der Waals surface area contributed by atoms with Gasteiger partial charge >= 0.3 is 0 Å². The summed E-state index contributed by atoms with van der Waals surface area (Å²) in [5, 5.41) is 9.18. The SMILES string of the molecule is OC[C@@H]1CCCN(Cc2ccc(I)cc2)C1. The molecule has 1 aromatic rings. The first-order chi connectivity index (χ1) is 7.78. The number of benzene rings is 1. The maximum atomic E-state index is 9.18. The van der Waals surface area contributed by atoms with E-state index in [4.69, 9.17) is 0 Å². The van der Waals surface area contributed by atoms with E-state index in [0.717, 1.165) is 13.1 Å². The molecular weight excluding hydrogens is 313 g/mol. The molecule has 0 bridgehead atoms. The van der Waals surface area contributed by atoms with E-state index in [1.807, 2.05) is 0 Å². The molecule has 1 aliphatic heterocycles. The Morgan fingerprint density at radius 3 is 2.75 bits per heavy atom. The average molecular weight is 331 g/mol. The molecule has 0 amide bonds. The minimum absolute atomic E-state index is 0.336. The van der Waals surface area contributed by atoms with E-state index in [0.29, 0.717) is 12.5 Å². The van der Waals surface area contributed by atoms with E-state index < -0.39 is 0 Å². The van der Waals surface area contributed by atoms with Gasteiger partial charge in [0.25, 0.3) is 0 Å². The predicted molar refractivity (Wildman–Crippen MR) is 74.2 cm³/mol. The van der Waals surface area contributed by atoms with Crippen molar-refractivity contribution in [2.75, 3.05) is 19.7 Å². The highest BCUT2D eigenvalue weighted by Crippen LogP contribution is 2.18. The molecule has 1 aromatic carbocycles. The number of aliphatic hydroxyl groups is 1. The van der Waals surface area contributed by atoms with Gasteiger partial charge in [-0.1, -0.05) is 12.1 Å². The van der Waals surface area contributed by atoms with Gasteiger partial charge in [-0.25, -0.2) is 0 Å². The number of rotatable bonds is 3. The van der Waals surface area contributed by atoms with Gasteiger partial charge in [-0.2, -0.15) is 0 Å². The molecule has 1 aliphatic rings. The van der Waals surface area contributed by atoms with Crippen molar-refractivity contribution in [3.8, 4) is 0 Å². The first-order valence-corrected chi connectivity index (χ1v) is 6.93. The van der Waals surface area contributed by atoms with E-state index in [2.05, 4.69) is 51.8 Å². The van der Waals surface area contributed by atoms with Crippen molar-refractivity contribution in [3.63, 3.8) is 0 Å². The van der Waals surface area contributed by atoms with Crippen molar-refractivity contribution in [2.24, 2.45) is 5.92 Å². The molecule has 0 aliphatic carbocycles. The number of hydrogen-bond acceptors (Lipinski definition) is 2. The third kappa shape index (κ3) is 3.43. The zero-order valence-electron chi connectivity index (χ0n) is 9.40. The Morgan fingerprint density at radius 1 is 1.31 bits per heavy atom. The highest BCUT2D eigenvalue weighted by molar-refractivity contribution is 14.1. The van der Waals surface area contributed by atoms with Crippen LogP contribution in [0, 0.1) is 9.49 Å². The van der Waals surface area contributed by atoms with Gasteiger partial charge in [-0.3, -0.25) is 4.90 Å². The third-order valence-electron chi connectivity index (χ3n) is 3.18. The highest BCUT2D eigenvalue weighted by Gasteiger charge is 2.18. The zero-order valence-corrected chi connectivity index (χ0v) is 11.6. The van der Waals surface area contributed by atoms with Gasteiger partial charge in [0, 0.05) is 23.3 Å². The van der Waals surface area contributed by atoms with Crippen LogP contribution in [0.25, 0.3) is 0 Å². The lowest BCUT2D eigenvalue weighted by atomic mass is 9.98. The number of likely N-dealkylation sites (tertiary alicyclic amines) is 1. The summed E-state index contributed by atoms with van der Waals surface area (Å²) in [6.07, 6.45) is 2.40. The molecule has 2 rings (SSSR count). The molecule has 1 heterocycles. The van der Waals surface area contributed by atoms with Crippen molar-refractivity contribution < 1.29 is 5.11 Å². The van der Waals surface area contributed by atoms with Gasteiger partial charge in [0.05, 0.1) is 0 Å². The number of halogens is 1. The summed E-state index contributed by atoms with van der Waals surface area (Å²) in [7, 11) is 0. The minimum Gasteiger partial charge on any atom is -0.396 e. The average Bonchev–Trinajstić information content (AvgIpc) is 2.32. The summed E-state index contributed by atoms with van der Waals surface area (Å²) in [5.41, 5.74) is 1.37. The molecule has 88 valence electrons. The number of aliphatic hydroxyl groups excluding tert-OH is 1. The monoisotopic (exact) mass is 331 g/mol. The number of hydrogen-bond donors (Lipinski definition) is 1. The fraction of sp³-hybridized carbons (Fsp3) is 0.538. The van der Waals surface area contributed by atoms with Crippen LogP contribution in [0.3, 0.4) is 0 Å². The summed E-state index contributed by atoms with van der Waals surface area (Å²) in [5.74, 6) is 0.484. The maximum absolute atomic E-state index is 9.18. The molecule has 1 atom stereocenters. The van der Waals surface area contributed by atoms with Gasteiger partial charge in [0.1, 0.15) is 0 Å².